The molecule has 0 aliphatic carbocycles. The second kappa shape index (κ2) is 5.49. The van der Waals surface area contributed by atoms with Crippen LogP contribution in [-0.2, 0) is 6.54 Å². The van der Waals surface area contributed by atoms with Crippen molar-refractivity contribution in [3.63, 3.8) is 0 Å². The standard InChI is InChI=1S/C13H23N7/c1-19(2)13-17-11(16-12(14)18-13)8-20-6-9-4-3-5-15-10(9)7-20/h9-10,15H,3-8H2,1-2H3,(H2,14,16,17,18). The lowest BCUT2D eigenvalue weighted by Gasteiger charge is -2.24. The summed E-state index contributed by atoms with van der Waals surface area (Å²) in [6.07, 6.45) is 2.62. The van der Waals surface area contributed by atoms with E-state index in [4.69, 9.17) is 5.73 Å². The number of aromatic nitrogens is 3. The lowest BCUT2D eigenvalue weighted by atomic mass is 9.94. The maximum absolute atomic E-state index is 5.77. The summed E-state index contributed by atoms with van der Waals surface area (Å²) < 4.78 is 0. The van der Waals surface area contributed by atoms with Gasteiger partial charge in [0.2, 0.25) is 11.9 Å². The Morgan fingerprint density at radius 3 is 2.90 bits per heavy atom. The van der Waals surface area contributed by atoms with Gasteiger partial charge in [-0.05, 0) is 25.3 Å². The fraction of sp³-hybridized carbons (Fsp3) is 0.769. The van der Waals surface area contributed by atoms with Gasteiger partial charge in [0.05, 0.1) is 6.54 Å². The van der Waals surface area contributed by atoms with Crippen LogP contribution in [0, 0.1) is 5.92 Å². The van der Waals surface area contributed by atoms with E-state index >= 15 is 0 Å². The third-order valence-electron chi connectivity index (χ3n) is 4.13. The Morgan fingerprint density at radius 2 is 2.15 bits per heavy atom. The first-order valence-electron chi connectivity index (χ1n) is 7.25. The van der Waals surface area contributed by atoms with Crippen molar-refractivity contribution in [2.75, 3.05) is 44.4 Å². The number of anilines is 2. The van der Waals surface area contributed by atoms with E-state index in [1.54, 1.807) is 0 Å². The zero-order chi connectivity index (χ0) is 14.1. The molecular weight excluding hydrogens is 254 g/mol. The molecule has 0 bridgehead atoms. The number of nitrogens with one attached hydrogen (secondary N) is 1. The summed E-state index contributed by atoms with van der Waals surface area (Å²) in [5.74, 6) is 2.46. The average molecular weight is 277 g/mol. The van der Waals surface area contributed by atoms with Crippen molar-refractivity contribution in [2.24, 2.45) is 5.92 Å². The smallest absolute Gasteiger partial charge is 0.229 e. The average Bonchev–Trinajstić information content (AvgIpc) is 2.79. The van der Waals surface area contributed by atoms with E-state index in [0.29, 0.717) is 17.9 Å². The maximum Gasteiger partial charge on any atom is 0.229 e. The zero-order valence-corrected chi connectivity index (χ0v) is 12.2. The monoisotopic (exact) mass is 277 g/mol. The summed E-state index contributed by atoms with van der Waals surface area (Å²) in [5, 5.41) is 3.61. The van der Waals surface area contributed by atoms with Gasteiger partial charge in [0.1, 0.15) is 5.82 Å². The van der Waals surface area contributed by atoms with Gasteiger partial charge < -0.3 is 16.0 Å². The van der Waals surface area contributed by atoms with E-state index in [-0.39, 0.29) is 0 Å². The Balaban J connectivity index is 1.69. The van der Waals surface area contributed by atoms with E-state index in [9.17, 15) is 0 Å². The highest BCUT2D eigenvalue weighted by Gasteiger charge is 2.34. The number of fused-ring (bicyclic) bond motifs is 1. The summed E-state index contributed by atoms with van der Waals surface area (Å²) in [6.45, 7) is 4.11. The van der Waals surface area contributed by atoms with E-state index in [2.05, 4.69) is 25.2 Å². The number of likely N-dealkylation sites (tertiary alicyclic amines) is 1. The molecule has 7 nitrogen and oxygen atoms in total. The van der Waals surface area contributed by atoms with Crippen LogP contribution in [0.25, 0.3) is 0 Å². The SMILES string of the molecule is CN(C)c1nc(N)nc(CN2CC3CCCNC3C2)n1. The molecular formula is C13H23N7. The first-order valence-corrected chi connectivity index (χ1v) is 7.25. The van der Waals surface area contributed by atoms with Crippen LogP contribution >= 0.6 is 0 Å². The van der Waals surface area contributed by atoms with Crippen molar-refractivity contribution < 1.29 is 0 Å². The second-order valence-corrected chi connectivity index (χ2v) is 5.96. The number of nitrogens with two attached hydrogens (primary N) is 1. The molecule has 2 saturated heterocycles. The van der Waals surface area contributed by atoms with Crippen molar-refractivity contribution in [1.82, 2.24) is 25.2 Å². The highest BCUT2D eigenvalue weighted by Crippen LogP contribution is 2.25. The molecule has 2 atom stereocenters. The van der Waals surface area contributed by atoms with Crippen LogP contribution in [0.1, 0.15) is 18.7 Å². The maximum atomic E-state index is 5.77. The number of hydrogen-bond acceptors (Lipinski definition) is 7. The predicted molar refractivity (Wildman–Crippen MR) is 78.4 cm³/mol. The molecule has 1 aromatic rings. The minimum absolute atomic E-state index is 0.299. The van der Waals surface area contributed by atoms with E-state index < -0.39 is 0 Å². The van der Waals surface area contributed by atoms with E-state index in [0.717, 1.165) is 37.9 Å². The molecule has 110 valence electrons. The van der Waals surface area contributed by atoms with Gasteiger partial charge in [0.25, 0.3) is 0 Å². The van der Waals surface area contributed by atoms with Crippen LogP contribution in [0.5, 0.6) is 0 Å². The van der Waals surface area contributed by atoms with E-state index in [1.807, 2.05) is 19.0 Å². The minimum Gasteiger partial charge on any atom is -0.368 e. The highest BCUT2D eigenvalue weighted by molar-refractivity contribution is 5.32. The van der Waals surface area contributed by atoms with Crippen molar-refractivity contribution in [2.45, 2.75) is 25.4 Å². The van der Waals surface area contributed by atoms with Crippen molar-refractivity contribution in [1.29, 1.82) is 0 Å². The van der Waals surface area contributed by atoms with Gasteiger partial charge in [-0.3, -0.25) is 4.90 Å². The van der Waals surface area contributed by atoms with Crippen LogP contribution < -0.4 is 16.0 Å². The molecule has 0 radical (unpaired) electrons. The van der Waals surface area contributed by atoms with Crippen molar-refractivity contribution in [3.8, 4) is 0 Å². The van der Waals surface area contributed by atoms with Crippen molar-refractivity contribution in [3.05, 3.63) is 5.82 Å². The topological polar surface area (TPSA) is 83.2 Å². The molecule has 2 unspecified atom stereocenters. The summed E-state index contributed by atoms with van der Waals surface area (Å²) in [7, 11) is 3.82. The zero-order valence-electron chi connectivity index (χ0n) is 12.2. The summed E-state index contributed by atoms with van der Waals surface area (Å²) in [6, 6.07) is 0.635. The van der Waals surface area contributed by atoms with Crippen LogP contribution in [0.15, 0.2) is 0 Å². The number of piperidine rings is 1. The third-order valence-corrected chi connectivity index (χ3v) is 4.13. The molecule has 3 rings (SSSR count). The molecule has 1 aromatic heterocycles. The molecule has 0 saturated carbocycles. The van der Waals surface area contributed by atoms with Gasteiger partial charge in [-0.1, -0.05) is 0 Å². The van der Waals surface area contributed by atoms with Crippen LogP contribution in [-0.4, -0.2) is 59.6 Å². The lowest BCUT2D eigenvalue weighted by Crippen LogP contribution is -2.40. The first kappa shape index (κ1) is 13.5. The predicted octanol–water partition coefficient (Wildman–Crippen LogP) is -0.296. The van der Waals surface area contributed by atoms with Gasteiger partial charge in [-0.15, -0.1) is 0 Å². The molecule has 7 heteroatoms. The third kappa shape index (κ3) is 2.83. The van der Waals surface area contributed by atoms with Crippen LogP contribution in [0.2, 0.25) is 0 Å². The van der Waals surface area contributed by atoms with Gasteiger partial charge in [0.15, 0.2) is 0 Å². The minimum atomic E-state index is 0.299. The Morgan fingerprint density at radius 1 is 1.30 bits per heavy atom. The number of nitrogens with zero attached hydrogens (tertiary/aromatic N) is 5. The summed E-state index contributed by atoms with van der Waals surface area (Å²) in [4.78, 5) is 17.1. The lowest BCUT2D eigenvalue weighted by molar-refractivity contribution is 0.305. The largest absolute Gasteiger partial charge is 0.368 e. The molecule has 0 aromatic carbocycles. The van der Waals surface area contributed by atoms with Crippen LogP contribution in [0.4, 0.5) is 11.9 Å². The first-order chi connectivity index (χ1) is 9.61. The number of nitrogen functional groups attached to an aromatic ring is 1. The molecule has 2 fully saturated rings. The Kier molecular flexibility index (Phi) is 3.71. The fourth-order valence-electron chi connectivity index (χ4n) is 3.16. The molecule has 20 heavy (non-hydrogen) atoms. The molecule has 3 N–H and O–H groups in total. The number of rotatable bonds is 3. The van der Waals surface area contributed by atoms with Crippen molar-refractivity contribution >= 4 is 11.9 Å². The normalized spacial score (nSPS) is 26.5. The Labute approximate surface area is 119 Å². The fourth-order valence-corrected chi connectivity index (χ4v) is 3.16. The quantitative estimate of drug-likeness (QED) is 0.785. The molecule has 2 aliphatic heterocycles. The molecule has 3 heterocycles. The Hall–Kier alpha value is -1.47. The Bertz CT molecular complexity index is 462. The van der Waals surface area contributed by atoms with Gasteiger partial charge in [-0.2, -0.15) is 15.0 Å². The molecule has 0 spiro atoms. The van der Waals surface area contributed by atoms with Gasteiger partial charge >= 0.3 is 0 Å². The second-order valence-electron chi connectivity index (χ2n) is 5.96. The van der Waals surface area contributed by atoms with Gasteiger partial charge in [0, 0.05) is 33.2 Å². The van der Waals surface area contributed by atoms with Gasteiger partial charge in [-0.25, -0.2) is 0 Å². The molecule has 0 amide bonds. The summed E-state index contributed by atoms with van der Waals surface area (Å²) in [5.41, 5.74) is 5.77. The number of hydrogen-bond donors (Lipinski definition) is 2. The van der Waals surface area contributed by atoms with Crippen LogP contribution in [0.3, 0.4) is 0 Å². The van der Waals surface area contributed by atoms with E-state index in [1.165, 1.54) is 12.8 Å². The highest BCUT2D eigenvalue weighted by atomic mass is 15.3. The molecule has 2 aliphatic rings. The summed E-state index contributed by atoms with van der Waals surface area (Å²) >= 11 is 0.